The molecular weight excluding hydrogens is 671 g/mol. The molecule has 4 heteroatoms. The molecule has 0 fully saturated rings. The highest BCUT2D eigenvalue weighted by Gasteiger charge is 2.24. The summed E-state index contributed by atoms with van der Waals surface area (Å²) in [5, 5.41) is 5.78. The largest absolute Gasteiger partial charge is 0.455 e. The molecule has 9 aromatic rings. The van der Waals surface area contributed by atoms with Crippen LogP contribution in [-0.2, 0) is 0 Å². The molecule has 1 atom stereocenters. The Morgan fingerprint density at radius 2 is 0.873 bits per heavy atom. The van der Waals surface area contributed by atoms with Crippen molar-refractivity contribution in [3.8, 4) is 44.5 Å². The molecule has 0 saturated heterocycles. The number of nitrogens with one attached hydrogen (secondary N) is 1. The fraction of sp³-hybridized carbons (Fsp3) is 0.0196. The van der Waals surface area contributed by atoms with Gasteiger partial charge in [0.2, 0.25) is 0 Å². The number of para-hydroxylation sites is 1. The molecule has 1 aromatic heterocycles. The van der Waals surface area contributed by atoms with Crippen LogP contribution in [0.25, 0.3) is 66.4 Å². The molecule has 0 amide bonds. The molecule has 4 nitrogen and oxygen atoms in total. The Morgan fingerprint density at radius 3 is 1.45 bits per heavy atom. The number of fused-ring (bicyclic) bond motifs is 3. The third-order valence-electron chi connectivity index (χ3n) is 10.4. The van der Waals surface area contributed by atoms with Gasteiger partial charge in [0, 0.05) is 27.5 Å². The maximum absolute atomic E-state index is 6.70. The third-order valence-corrected chi connectivity index (χ3v) is 10.4. The molecular formula is C51H35N3O. The maximum atomic E-state index is 6.70. The summed E-state index contributed by atoms with van der Waals surface area (Å²) in [5.41, 5.74) is 13.8. The number of hydrogen-bond acceptors (Lipinski definition) is 4. The van der Waals surface area contributed by atoms with Crippen molar-refractivity contribution in [3.63, 3.8) is 0 Å². The van der Waals surface area contributed by atoms with Crippen molar-refractivity contribution in [2.75, 3.05) is 0 Å². The second kappa shape index (κ2) is 13.9. The summed E-state index contributed by atoms with van der Waals surface area (Å²) in [6.07, 6.45) is -0.353. The van der Waals surface area contributed by atoms with E-state index in [1.54, 1.807) is 0 Å². The average molecular weight is 706 g/mol. The van der Waals surface area contributed by atoms with E-state index >= 15 is 0 Å². The first-order valence-electron chi connectivity index (χ1n) is 18.6. The van der Waals surface area contributed by atoms with E-state index in [4.69, 9.17) is 14.4 Å². The maximum Gasteiger partial charge on any atom is 0.159 e. The predicted octanol–water partition coefficient (Wildman–Crippen LogP) is 12.7. The van der Waals surface area contributed by atoms with Gasteiger partial charge in [-0.25, -0.2) is 9.98 Å². The lowest BCUT2D eigenvalue weighted by molar-refractivity contribution is 0.668. The van der Waals surface area contributed by atoms with Gasteiger partial charge in [0.05, 0.1) is 0 Å². The lowest BCUT2D eigenvalue weighted by Crippen LogP contribution is -2.33. The fourth-order valence-electron chi connectivity index (χ4n) is 7.56. The van der Waals surface area contributed by atoms with Crippen LogP contribution in [0.1, 0.15) is 22.9 Å². The summed E-state index contributed by atoms with van der Waals surface area (Å²) < 4.78 is 6.70. The zero-order valence-corrected chi connectivity index (χ0v) is 29.9. The first-order valence-corrected chi connectivity index (χ1v) is 18.6. The zero-order chi connectivity index (χ0) is 36.6. The quantitative estimate of drug-likeness (QED) is 0.179. The molecule has 0 saturated carbocycles. The molecule has 1 N–H and O–H groups in total. The Balaban J connectivity index is 1.06. The summed E-state index contributed by atoms with van der Waals surface area (Å²) in [5.74, 6) is 1.43. The molecule has 1 aliphatic rings. The Morgan fingerprint density at radius 1 is 0.400 bits per heavy atom. The highest BCUT2D eigenvalue weighted by Crippen LogP contribution is 2.39. The number of furan rings is 1. The lowest BCUT2D eigenvalue weighted by atomic mass is 9.97. The third kappa shape index (κ3) is 6.20. The van der Waals surface area contributed by atoms with E-state index in [0.29, 0.717) is 5.84 Å². The van der Waals surface area contributed by atoms with E-state index in [2.05, 4.69) is 175 Å². The number of rotatable bonds is 7. The van der Waals surface area contributed by atoms with Crippen LogP contribution in [-0.4, -0.2) is 11.7 Å². The monoisotopic (exact) mass is 705 g/mol. The molecule has 1 unspecified atom stereocenters. The van der Waals surface area contributed by atoms with Crippen LogP contribution >= 0.6 is 0 Å². The van der Waals surface area contributed by atoms with Crippen LogP contribution in [0.4, 0.5) is 0 Å². The normalized spacial score (nSPS) is 14.0. The van der Waals surface area contributed by atoms with Gasteiger partial charge in [0.25, 0.3) is 0 Å². The first kappa shape index (κ1) is 32.4. The van der Waals surface area contributed by atoms with Gasteiger partial charge in [-0.1, -0.05) is 194 Å². The predicted molar refractivity (Wildman–Crippen MR) is 227 cm³/mol. The van der Waals surface area contributed by atoms with Crippen LogP contribution in [0.2, 0.25) is 0 Å². The Labute approximate surface area is 319 Å². The van der Waals surface area contributed by atoms with E-state index < -0.39 is 0 Å². The molecule has 260 valence electrons. The van der Waals surface area contributed by atoms with Crippen molar-refractivity contribution in [2.45, 2.75) is 6.17 Å². The van der Waals surface area contributed by atoms with Gasteiger partial charge in [-0.05, 0) is 50.6 Å². The standard InChI is InChI=1S/C51H35N3O/c1-4-12-34(13-5-1)37-22-28-40(29-23-37)43-18-10-19-44-47-45(20-11-21-46(47)55-48(43)44)51-53-49(41-30-24-38(25-31-41)35-14-6-2-7-15-35)52-50(54-51)42-32-26-39(27-33-42)36-16-8-3-9-17-36/h1-33,49H,(H,52,53,54). The average Bonchev–Trinajstić information content (AvgIpc) is 3.67. The molecule has 2 heterocycles. The highest BCUT2D eigenvalue weighted by atomic mass is 16.3. The van der Waals surface area contributed by atoms with Crippen molar-refractivity contribution in [1.82, 2.24) is 5.32 Å². The second-order valence-electron chi connectivity index (χ2n) is 13.8. The van der Waals surface area contributed by atoms with Crippen molar-refractivity contribution in [1.29, 1.82) is 0 Å². The zero-order valence-electron chi connectivity index (χ0n) is 29.9. The lowest BCUT2D eigenvalue weighted by Gasteiger charge is -2.24. The summed E-state index contributed by atoms with van der Waals surface area (Å²) in [7, 11) is 0. The molecule has 0 radical (unpaired) electrons. The van der Waals surface area contributed by atoms with Crippen molar-refractivity contribution in [2.24, 2.45) is 9.98 Å². The Bertz CT molecular complexity index is 2840. The van der Waals surface area contributed by atoms with Crippen LogP contribution in [0, 0.1) is 0 Å². The summed E-state index contributed by atoms with van der Waals surface area (Å²) in [6.45, 7) is 0. The van der Waals surface area contributed by atoms with E-state index in [1.165, 1.54) is 22.3 Å². The molecule has 8 aromatic carbocycles. The topological polar surface area (TPSA) is 49.9 Å². The minimum absolute atomic E-state index is 0.353. The van der Waals surface area contributed by atoms with Crippen molar-refractivity contribution >= 4 is 33.6 Å². The van der Waals surface area contributed by atoms with Gasteiger partial charge in [-0.2, -0.15) is 0 Å². The van der Waals surface area contributed by atoms with Gasteiger partial charge in [-0.15, -0.1) is 0 Å². The van der Waals surface area contributed by atoms with Gasteiger partial charge in [0.1, 0.15) is 23.2 Å². The van der Waals surface area contributed by atoms with E-state index in [0.717, 1.165) is 66.7 Å². The Kier molecular flexibility index (Phi) is 8.19. The molecule has 0 bridgehead atoms. The summed E-state index contributed by atoms with van der Waals surface area (Å²) in [6, 6.07) is 69.8. The molecule has 10 rings (SSSR count). The van der Waals surface area contributed by atoms with Gasteiger partial charge in [0.15, 0.2) is 5.84 Å². The number of benzene rings is 8. The van der Waals surface area contributed by atoms with Gasteiger partial charge >= 0.3 is 0 Å². The molecule has 0 spiro atoms. The number of hydrogen-bond donors (Lipinski definition) is 1. The Hall–Kier alpha value is -7.30. The van der Waals surface area contributed by atoms with Crippen molar-refractivity contribution < 1.29 is 4.42 Å². The number of nitrogens with zero attached hydrogens (tertiary/aromatic N) is 2. The van der Waals surface area contributed by atoms with E-state index in [-0.39, 0.29) is 6.17 Å². The van der Waals surface area contributed by atoms with E-state index in [9.17, 15) is 0 Å². The first-order chi connectivity index (χ1) is 27.2. The van der Waals surface area contributed by atoms with Gasteiger partial charge in [-0.3, -0.25) is 0 Å². The van der Waals surface area contributed by atoms with Crippen LogP contribution in [0.3, 0.4) is 0 Å². The molecule has 0 aliphatic carbocycles. The van der Waals surface area contributed by atoms with Crippen molar-refractivity contribution in [3.05, 3.63) is 217 Å². The molecule has 1 aliphatic heterocycles. The SMILES string of the molecule is c1ccc(-c2ccc(C3=NC(c4ccc(-c5ccccc5)cc4)NC(c4cccc5oc6c(-c7ccc(-c8ccccc8)cc7)cccc6c45)=N3)cc2)cc1. The van der Waals surface area contributed by atoms with Crippen LogP contribution < -0.4 is 5.32 Å². The van der Waals surface area contributed by atoms with Crippen LogP contribution in [0.15, 0.2) is 215 Å². The summed E-state index contributed by atoms with van der Waals surface area (Å²) in [4.78, 5) is 10.4. The second-order valence-corrected chi connectivity index (χ2v) is 13.8. The van der Waals surface area contributed by atoms with E-state index in [1.807, 2.05) is 30.3 Å². The van der Waals surface area contributed by atoms with Crippen LogP contribution in [0.5, 0.6) is 0 Å². The highest BCUT2D eigenvalue weighted by molar-refractivity contribution is 6.22. The smallest absolute Gasteiger partial charge is 0.159 e. The number of aliphatic imine (C=N–C) groups is 2. The number of amidine groups is 2. The fourth-order valence-corrected chi connectivity index (χ4v) is 7.56. The summed E-state index contributed by atoms with van der Waals surface area (Å²) >= 11 is 0. The minimum Gasteiger partial charge on any atom is -0.455 e. The molecule has 55 heavy (non-hydrogen) atoms. The minimum atomic E-state index is -0.353. The van der Waals surface area contributed by atoms with Gasteiger partial charge < -0.3 is 9.73 Å².